The number of rotatable bonds is 3. The Labute approximate surface area is 97.7 Å². The predicted molar refractivity (Wildman–Crippen MR) is 61.0 cm³/mol. The fourth-order valence-corrected chi connectivity index (χ4v) is 1.73. The van der Waals surface area contributed by atoms with Crippen molar-refractivity contribution >= 4 is 11.7 Å². The molecule has 6 heteroatoms. The molecule has 92 valence electrons. The normalized spacial score (nSPS) is 18.8. The number of halogens is 2. The number of likely N-dealkylation sites (N-methyl/N-ethyl adjacent to an activating group) is 1. The molecule has 0 saturated carbocycles. The number of nitrogens with zero attached hydrogens (tertiary/aromatic N) is 2. The Morgan fingerprint density at radius 3 is 2.88 bits per heavy atom. The van der Waals surface area contributed by atoms with Crippen LogP contribution in [0.4, 0.5) is 14.5 Å². The van der Waals surface area contributed by atoms with E-state index in [1.807, 2.05) is 0 Å². The summed E-state index contributed by atoms with van der Waals surface area (Å²) in [5.41, 5.74) is 5.70. The Morgan fingerprint density at radius 1 is 1.53 bits per heavy atom. The Bertz CT molecular complexity index is 450. The Hall–Kier alpha value is -1.85. The topological polar surface area (TPSA) is 50.9 Å². The van der Waals surface area contributed by atoms with Crippen LogP contribution in [-0.2, 0) is 4.74 Å². The van der Waals surface area contributed by atoms with Gasteiger partial charge < -0.3 is 15.4 Å². The van der Waals surface area contributed by atoms with E-state index in [1.165, 1.54) is 12.1 Å². The van der Waals surface area contributed by atoms with Gasteiger partial charge >= 0.3 is 0 Å². The summed E-state index contributed by atoms with van der Waals surface area (Å²) < 4.78 is 31.2. The van der Waals surface area contributed by atoms with Crippen LogP contribution in [0.15, 0.2) is 23.2 Å². The minimum absolute atomic E-state index is 0.121. The fraction of sp³-hybridized carbons (Fsp3) is 0.364. The molecule has 0 bridgehead atoms. The molecule has 0 radical (unpaired) electrons. The van der Waals surface area contributed by atoms with E-state index < -0.39 is 11.6 Å². The number of aliphatic imine (C=N–C) groups is 1. The van der Waals surface area contributed by atoms with Gasteiger partial charge in [0.15, 0.2) is 0 Å². The molecule has 0 unspecified atom stereocenters. The molecule has 0 spiro atoms. The highest BCUT2D eigenvalue weighted by Crippen LogP contribution is 2.19. The summed E-state index contributed by atoms with van der Waals surface area (Å²) in [4.78, 5) is 5.69. The zero-order valence-electron chi connectivity index (χ0n) is 9.36. The second-order valence-electron chi connectivity index (χ2n) is 3.91. The van der Waals surface area contributed by atoms with Gasteiger partial charge in [0.1, 0.15) is 24.3 Å². The molecule has 2 rings (SSSR count). The van der Waals surface area contributed by atoms with Gasteiger partial charge in [-0.3, -0.25) is 0 Å². The molecule has 2 N–H and O–H groups in total. The summed E-state index contributed by atoms with van der Waals surface area (Å²) in [5.74, 6) is -1.19. The molecule has 0 amide bonds. The van der Waals surface area contributed by atoms with Gasteiger partial charge in [-0.1, -0.05) is 0 Å². The molecule has 1 aliphatic heterocycles. The van der Waals surface area contributed by atoms with Gasteiger partial charge in [0, 0.05) is 19.7 Å². The summed E-state index contributed by atoms with van der Waals surface area (Å²) in [5, 5.41) is 0. The van der Waals surface area contributed by atoms with Crippen LogP contribution >= 0.6 is 0 Å². The van der Waals surface area contributed by atoms with Crippen LogP contribution in [0.25, 0.3) is 0 Å². The zero-order valence-corrected chi connectivity index (χ0v) is 9.36. The van der Waals surface area contributed by atoms with Crippen molar-refractivity contribution < 1.29 is 13.5 Å². The number of anilines is 1. The first kappa shape index (κ1) is 11.6. The van der Waals surface area contributed by atoms with E-state index >= 15 is 0 Å². The highest BCUT2D eigenvalue weighted by Gasteiger charge is 2.19. The lowest BCUT2D eigenvalue weighted by molar-refractivity contribution is 0.314. The van der Waals surface area contributed by atoms with Crippen LogP contribution in [0.5, 0.6) is 0 Å². The van der Waals surface area contributed by atoms with Crippen LogP contribution in [0, 0.1) is 11.6 Å². The van der Waals surface area contributed by atoms with E-state index in [4.69, 9.17) is 10.5 Å². The van der Waals surface area contributed by atoms with E-state index in [0.717, 1.165) is 6.07 Å². The van der Waals surface area contributed by atoms with Crippen molar-refractivity contribution in [2.45, 2.75) is 6.04 Å². The van der Waals surface area contributed by atoms with Crippen molar-refractivity contribution in [3.63, 3.8) is 0 Å². The van der Waals surface area contributed by atoms with Gasteiger partial charge in [-0.15, -0.1) is 0 Å². The van der Waals surface area contributed by atoms with Crippen LogP contribution in [0.1, 0.15) is 0 Å². The lowest BCUT2D eigenvalue weighted by Crippen LogP contribution is -2.29. The molecular formula is C11H13F2N3O. The largest absolute Gasteiger partial charge is 0.463 e. The van der Waals surface area contributed by atoms with Crippen molar-refractivity contribution in [1.29, 1.82) is 0 Å². The zero-order chi connectivity index (χ0) is 12.4. The third-order valence-corrected chi connectivity index (χ3v) is 2.54. The predicted octanol–water partition coefficient (Wildman–Crippen LogP) is 1.11. The number of benzene rings is 1. The van der Waals surface area contributed by atoms with Gasteiger partial charge in [0.25, 0.3) is 6.02 Å². The minimum atomic E-state index is -0.594. The van der Waals surface area contributed by atoms with E-state index in [9.17, 15) is 8.78 Å². The highest BCUT2D eigenvalue weighted by atomic mass is 19.1. The number of hydrogen-bond acceptors (Lipinski definition) is 4. The van der Waals surface area contributed by atoms with Crippen molar-refractivity contribution in [2.75, 3.05) is 25.1 Å². The molecule has 1 aliphatic rings. The molecule has 1 aromatic rings. The maximum atomic E-state index is 13.5. The quantitative estimate of drug-likeness (QED) is 0.862. The Balaban J connectivity index is 2.07. The molecule has 0 aliphatic carbocycles. The highest BCUT2D eigenvalue weighted by molar-refractivity contribution is 5.73. The van der Waals surface area contributed by atoms with Crippen LogP contribution in [-0.4, -0.2) is 32.3 Å². The maximum absolute atomic E-state index is 13.5. The number of amidine groups is 1. The number of nitrogens with two attached hydrogens (primary N) is 1. The van der Waals surface area contributed by atoms with Gasteiger partial charge in [-0.2, -0.15) is 0 Å². The second-order valence-corrected chi connectivity index (χ2v) is 3.91. The van der Waals surface area contributed by atoms with Crippen LogP contribution < -0.4 is 10.6 Å². The molecule has 1 aromatic carbocycles. The first-order chi connectivity index (χ1) is 8.06. The molecule has 0 saturated heterocycles. The van der Waals surface area contributed by atoms with Gasteiger partial charge in [0.2, 0.25) is 0 Å². The maximum Gasteiger partial charge on any atom is 0.282 e. The number of ether oxygens (including phenoxy) is 1. The van der Waals surface area contributed by atoms with Crippen molar-refractivity contribution in [2.24, 2.45) is 10.7 Å². The molecule has 0 aromatic heterocycles. The smallest absolute Gasteiger partial charge is 0.282 e. The SMILES string of the molecule is CN(C[C@H]1COC(N)=N1)c1ccc(F)cc1F. The fourth-order valence-electron chi connectivity index (χ4n) is 1.73. The average molecular weight is 241 g/mol. The molecular weight excluding hydrogens is 228 g/mol. The average Bonchev–Trinajstić information content (AvgIpc) is 2.63. The van der Waals surface area contributed by atoms with Gasteiger partial charge in [0.05, 0.1) is 5.69 Å². The van der Waals surface area contributed by atoms with Crippen molar-refractivity contribution in [3.8, 4) is 0 Å². The monoisotopic (exact) mass is 241 g/mol. The molecule has 17 heavy (non-hydrogen) atoms. The molecule has 0 fully saturated rings. The summed E-state index contributed by atoms with van der Waals surface area (Å²) in [6.07, 6.45) is 0. The van der Waals surface area contributed by atoms with E-state index in [0.29, 0.717) is 18.8 Å². The Kier molecular flexibility index (Phi) is 3.12. The van der Waals surface area contributed by atoms with Crippen LogP contribution in [0.2, 0.25) is 0 Å². The molecule has 4 nitrogen and oxygen atoms in total. The minimum Gasteiger partial charge on any atom is -0.463 e. The van der Waals surface area contributed by atoms with Gasteiger partial charge in [-0.05, 0) is 12.1 Å². The number of hydrogen-bond donors (Lipinski definition) is 1. The second kappa shape index (κ2) is 4.57. The lowest BCUT2D eigenvalue weighted by Gasteiger charge is -2.21. The van der Waals surface area contributed by atoms with E-state index in [-0.39, 0.29) is 12.1 Å². The van der Waals surface area contributed by atoms with Crippen molar-refractivity contribution in [1.82, 2.24) is 0 Å². The standard InChI is InChI=1S/C11H13F2N3O/c1-16(5-8-6-17-11(14)15-8)10-3-2-7(12)4-9(10)13/h2-4,8H,5-6H2,1H3,(H2,14,15)/t8-/m0/s1. The van der Waals surface area contributed by atoms with Crippen LogP contribution in [0.3, 0.4) is 0 Å². The first-order valence-electron chi connectivity index (χ1n) is 5.18. The van der Waals surface area contributed by atoms with E-state index in [1.54, 1.807) is 11.9 Å². The molecule has 1 atom stereocenters. The lowest BCUT2D eigenvalue weighted by atomic mass is 10.2. The third kappa shape index (κ3) is 2.64. The van der Waals surface area contributed by atoms with Crippen molar-refractivity contribution in [3.05, 3.63) is 29.8 Å². The summed E-state index contributed by atoms with van der Waals surface area (Å²) in [6, 6.07) is 3.51. The van der Waals surface area contributed by atoms with E-state index in [2.05, 4.69) is 4.99 Å². The summed E-state index contributed by atoms with van der Waals surface area (Å²) >= 11 is 0. The Morgan fingerprint density at radius 2 is 2.29 bits per heavy atom. The molecule has 1 heterocycles. The third-order valence-electron chi connectivity index (χ3n) is 2.54. The summed E-state index contributed by atoms with van der Waals surface area (Å²) in [7, 11) is 1.71. The summed E-state index contributed by atoms with van der Waals surface area (Å²) in [6.45, 7) is 0.849. The first-order valence-corrected chi connectivity index (χ1v) is 5.18. The van der Waals surface area contributed by atoms with Gasteiger partial charge in [-0.25, -0.2) is 13.8 Å².